The molecule has 7 nitrogen and oxygen atoms in total. The van der Waals surface area contributed by atoms with E-state index in [1.165, 1.54) is 7.11 Å². The number of carbonyl (C=O) groups is 2. The fraction of sp³-hybridized carbons (Fsp3) is 0.316. The molecule has 1 aliphatic carbocycles. The van der Waals surface area contributed by atoms with Crippen LogP contribution >= 0.6 is 0 Å². The fourth-order valence-electron chi connectivity index (χ4n) is 2.68. The maximum Gasteiger partial charge on any atom is 0.240 e. The largest absolute Gasteiger partial charge is 0.497 e. The molecule has 2 aromatic rings. The number of hydrogen-bond donors (Lipinski definition) is 2. The Balaban J connectivity index is 1.68. The maximum atomic E-state index is 12.7. The SMILES string of the molecule is COc1ccc(OC)c(NC(=O)C2(C(=O)NCc3ccccn3)CC2)c1. The predicted octanol–water partition coefficient (Wildman–Crippen LogP) is 2.13. The Morgan fingerprint density at radius 2 is 1.92 bits per heavy atom. The first-order valence-corrected chi connectivity index (χ1v) is 8.31. The first-order chi connectivity index (χ1) is 12.6. The Bertz CT molecular complexity index is 804. The molecule has 0 spiro atoms. The third-order valence-corrected chi connectivity index (χ3v) is 4.43. The Labute approximate surface area is 151 Å². The second-order valence-electron chi connectivity index (χ2n) is 6.11. The summed E-state index contributed by atoms with van der Waals surface area (Å²) in [5.41, 5.74) is 0.176. The summed E-state index contributed by atoms with van der Waals surface area (Å²) >= 11 is 0. The average Bonchev–Trinajstić information content (AvgIpc) is 3.49. The molecule has 1 fully saturated rings. The van der Waals surface area contributed by atoms with Crippen molar-refractivity contribution in [3.8, 4) is 11.5 Å². The molecular weight excluding hydrogens is 334 g/mol. The molecule has 0 bridgehead atoms. The van der Waals surface area contributed by atoms with Gasteiger partial charge in [0.25, 0.3) is 0 Å². The van der Waals surface area contributed by atoms with E-state index in [0.717, 1.165) is 5.69 Å². The monoisotopic (exact) mass is 355 g/mol. The number of methoxy groups -OCH3 is 2. The highest BCUT2D eigenvalue weighted by molar-refractivity contribution is 6.13. The van der Waals surface area contributed by atoms with Crippen molar-refractivity contribution >= 4 is 17.5 Å². The van der Waals surface area contributed by atoms with Crippen molar-refractivity contribution in [3.63, 3.8) is 0 Å². The zero-order valence-corrected chi connectivity index (χ0v) is 14.7. The minimum atomic E-state index is -1.04. The van der Waals surface area contributed by atoms with E-state index in [2.05, 4.69) is 15.6 Å². The lowest BCUT2D eigenvalue weighted by Crippen LogP contribution is -2.39. The molecule has 0 saturated heterocycles. The zero-order chi connectivity index (χ0) is 18.6. The third-order valence-electron chi connectivity index (χ3n) is 4.43. The van der Waals surface area contributed by atoms with E-state index < -0.39 is 5.41 Å². The fourth-order valence-corrected chi connectivity index (χ4v) is 2.68. The highest BCUT2D eigenvalue weighted by Crippen LogP contribution is 2.47. The predicted molar refractivity (Wildman–Crippen MR) is 95.9 cm³/mol. The lowest BCUT2D eigenvalue weighted by Gasteiger charge is -2.17. The van der Waals surface area contributed by atoms with Crippen LogP contribution < -0.4 is 20.1 Å². The molecular formula is C19H21N3O4. The van der Waals surface area contributed by atoms with Gasteiger partial charge in [-0.05, 0) is 37.1 Å². The van der Waals surface area contributed by atoms with Crippen molar-refractivity contribution in [1.29, 1.82) is 0 Å². The van der Waals surface area contributed by atoms with Crippen LogP contribution in [0.1, 0.15) is 18.5 Å². The van der Waals surface area contributed by atoms with Gasteiger partial charge in [-0.3, -0.25) is 14.6 Å². The van der Waals surface area contributed by atoms with Crippen LogP contribution in [-0.2, 0) is 16.1 Å². The molecule has 0 unspecified atom stereocenters. The Kier molecular flexibility index (Phi) is 5.06. The number of nitrogens with zero attached hydrogens (tertiary/aromatic N) is 1. The molecule has 26 heavy (non-hydrogen) atoms. The van der Waals surface area contributed by atoms with Crippen LogP contribution in [0.5, 0.6) is 11.5 Å². The standard InChI is InChI=1S/C19H21N3O4/c1-25-14-6-7-16(26-2)15(11-14)22-18(24)19(8-9-19)17(23)21-12-13-5-3-4-10-20-13/h3-7,10-11H,8-9,12H2,1-2H3,(H,21,23)(H,22,24). The molecule has 0 atom stereocenters. The molecule has 0 aliphatic heterocycles. The molecule has 7 heteroatoms. The van der Waals surface area contributed by atoms with Gasteiger partial charge in [-0.15, -0.1) is 0 Å². The number of nitrogens with one attached hydrogen (secondary N) is 2. The molecule has 2 amide bonds. The van der Waals surface area contributed by atoms with E-state index in [1.54, 1.807) is 31.5 Å². The third kappa shape index (κ3) is 3.61. The molecule has 2 N–H and O–H groups in total. The minimum Gasteiger partial charge on any atom is -0.497 e. The maximum absolute atomic E-state index is 12.7. The van der Waals surface area contributed by atoms with Gasteiger partial charge in [0.2, 0.25) is 11.8 Å². The second-order valence-corrected chi connectivity index (χ2v) is 6.11. The van der Waals surface area contributed by atoms with Gasteiger partial charge in [-0.25, -0.2) is 0 Å². The van der Waals surface area contributed by atoms with E-state index in [0.29, 0.717) is 30.0 Å². The number of aromatic nitrogens is 1. The quantitative estimate of drug-likeness (QED) is 0.743. The van der Waals surface area contributed by atoms with Crippen LogP contribution in [0.15, 0.2) is 42.6 Å². The summed E-state index contributed by atoms with van der Waals surface area (Å²) in [6, 6.07) is 10.6. The summed E-state index contributed by atoms with van der Waals surface area (Å²) in [4.78, 5) is 29.4. The second kappa shape index (κ2) is 7.43. The molecule has 1 heterocycles. The highest BCUT2D eigenvalue weighted by Gasteiger charge is 2.56. The van der Waals surface area contributed by atoms with Crippen molar-refractivity contribution in [1.82, 2.24) is 10.3 Å². The van der Waals surface area contributed by atoms with Crippen molar-refractivity contribution in [2.24, 2.45) is 5.41 Å². The highest BCUT2D eigenvalue weighted by atomic mass is 16.5. The van der Waals surface area contributed by atoms with Crippen LogP contribution in [0, 0.1) is 5.41 Å². The molecule has 1 aromatic heterocycles. The van der Waals surface area contributed by atoms with Crippen LogP contribution in [0.25, 0.3) is 0 Å². The Morgan fingerprint density at radius 1 is 1.12 bits per heavy atom. The summed E-state index contributed by atoms with van der Waals surface area (Å²) in [5, 5.41) is 5.60. The number of amides is 2. The van der Waals surface area contributed by atoms with Crippen molar-refractivity contribution < 1.29 is 19.1 Å². The van der Waals surface area contributed by atoms with Crippen LogP contribution in [0.2, 0.25) is 0 Å². The number of hydrogen-bond acceptors (Lipinski definition) is 5. The lowest BCUT2D eigenvalue weighted by molar-refractivity contribution is -0.134. The van der Waals surface area contributed by atoms with E-state index in [4.69, 9.17) is 9.47 Å². The number of rotatable bonds is 7. The van der Waals surface area contributed by atoms with Gasteiger partial charge in [0, 0.05) is 12.3 Å². The first kappa shape index (κ1) is 17.7. The van der Waals surface area contributed by atoms with E-state index in [1.807, 2.05) is 18.2 Å². The molecule has 1 saturated carbocycles. The van der Waals surface area contributed by atoms with Gasteiger partial charge < -0.3 is 20.1 Å². The van der Waals surface area contributed by atoms with Crippen molar-refractivity contribution in [2.45, 2.75) is 19.4 Å². The molecule has 136 valence electrons. The van der Waals surface area contributed by atoms with Crippen LogP contribution in [0.4, 0.5) is 5.69 Å². The van der Waals surface area contributed by atoms with Crippen molar-refractivity contribution in [2.75, 3.05) is 19.5 Å². The summed E-state index contributed by atoms with van der Waals surface area (Å²) < 4.78 is 10.4. The molecule has 0 radical (unpaired) electrons. The van der Waals surface area contributed by atoms with Gasteiger partial charge in [-0.1, -0.05) is 6.07 Å². The Morgan fingerprint density at radius 3 is 2.54 bits per heavy atom. The zero-order valence-electron chi connectivity index (χ0n) is 14.7. The smallest absolute Gasteiger partial charge is 0.240 e. The molecule has 1 aromatic carbocycles. The Hall–Kier alpha value is -3.09. The average molecular weight is 355 g/mol. The van der Waals surface area contributed by atoms with Crippen LogP contribution in [0.3, 0.4) is 0 Å². The molecule has 1 aliphatic rings. The van der Waals surface area contributed by atoms with Gasteiger partial charge in [0.05, 0.1) is 32.1 Å². The first-order valence-electron chi connectivity index (χ1n) is 8.31. The van der Waals surface area contributed by atoms with Gasteiger partial charge in [-0.2, -0.15) is 0 Å². The summed E-state index contributed by atoms with van der Waals surface area (Å²) in [7, 11) is 3.06. The van der Waals surface area contributed by atoms with E-state index >= 15 is 0 Å². The number of benzene rings is 1. The van der Waals surface area contributed by atoms with Crippen molar-refractivity contribution in [3.05, 3.63) is 48.3 Å². The number of pyridine rings is 1. The summed E-state index contributed by atoms with van der Waals surface area (Å²) in [5.74, 6) is 0.458. The van der Waals surface area contributed by atoms with E-state index in [-0.39, 0.29) is 18.4 Å². The topological polar surface area (TPSA) is 89.5 Å². The van der Waals surface area contributed by atoms with E-state index in [9.17, 15) is 9.59 Å². The number of anilines is 1. The summed E-state index contributed by atoms with van der Waals surface area (Å²) in [6.07, 6.45) is 2.69. The van der Waals surface area contributed by atoms with Crippen LogP contribution in [-0.4, -0.2) is 31.0 Å². The lowest BCUT2D eigenvalue weighted by atomic mass is 10.0. The normalized spacial score (nSPS) is 14.2. The van der Waals surface area contributed by atoms with Gasteiger partial charge >= 0.3 is 0 Å². The minimum absolute atomic E-state index is 0.289. The number of carbonyl (C=O) groups excluding carboxylic acids is 2. The summed E-state index contributed by atoms with van der Waals surface area (Å²) in [6.45, 7) is 0.289. The van der Waals surface area contributed by atoms with Gasteiger partial charge in [0.15, 0.2) is 0 Å². The number of ether oxygens (including phenoxy) is 2. The van der Waals surface area contributed by atoms with Gasteiger partial charge in [0.1, 0.15) is 16.9 Å². The molecule has 3 rings (SSSR count).